The van der Waals surface area contributed by atoms with E-state index in [1.54, 1.807) is 6.07 Å². The molecule has 1 N–H and O–H groups in total. The first-order valence-electron chi connectivity index (χ1n) is 7.11. The van der Waals surface area contributed by atoms with E-state index in [4.69, 9.17) is 0 Å². The van der Waals surface area contributed by atoms with Crippen molar-refractivity contribution in [2.24, 2.45) is 0 Å². The summed E-state index contributed by atoms with van der Waals surface area (Å²) in [5, 5.41) is 10.2. The maximum Gasteiger partial charge on any atom is 0.123 e. The molecule has 0 aromatic heterocycles. The lowest BCUT2D eigenvalue weighted by Crippen LogP contribution is -1.87. The van der Waals surface area contributed by atoms with E-state index in [1.807, 2.05) is 36.4 Å². The number of hydrogen-bond acceptors (Lipinski definition) is 1. The van der Waals surface area contributed by atoms with E-state index in [1.165, 1.54) is 16.7 Å². The third kappa shape index (κ3) is 2.68. The van der Waals surface area contributed by atoms with Crippen molar-refractivity contribution >= 4 is 0 Å². The molecule has 1 heteroatoms. The van der Waals surface area contributed by atoms with Gasteiger partial charge in [-0.25, -0.2) is 0 Å². The van der Waals surface area contributed by atoms with Crippen LogP contribution in [0.3, 0.4) is 0 Å². The molecule has 0 fully saturated rings. The number of phenolic OH excluding ortho intramolecular Hbond substituents is 1. The molecule has 0 saturated carbocycles. The summed E-state index contributed by atoms with van der Waals surface area (Å²) in [5.41, 5.74) is 6.73. The van der Waals surface area contributed by atoms with E-state index < -0.39 is 0 Å². The van der Waals surface area contributed by atoms with E-state index >= 15 is 0 Å². The molecule has 21 heavy (non-hydrogen) atoms. The van der Waals surface area contributed by atoms with Gasteiger partial charge in [0.05, 0.1) is 0 Å². The Labute approximate surface area is 125 Å². The van der Waals surface area contributed by atoms with Crippen molar-refractivity contribution in [2.45, 2.75) is 13.8 Å². The minimum absolute atomic E-state index is 0.315. The van der Waals surface area contributed by atoms with Crippen LogP contribution in [0.4, 0.5) is 0 Å². The van der Waals surface area contributed by atoms with Gasteiger partial charge in [0.2, 0.25) is 0 Å². The second-order valence-corrected chi connectivity index (χ2v) is 5.42. The Balaban J connectivity index is 2.16. The number of aromatic hydroxyl groups is 1. The van der Waals surface area contributed by atoms with Crippen molar-refractivity contribution in [2.75, 3.05) is 0 Å². The first-order chi connectivity index (χ1) is 10.1. The van der Waals surface area contributed by atoms with Crippen molar-refractivity contribution in [3.8, 4) is 28.0 Å². The predicted octanol–water partition coefficient (Wildman–Crippen LogP) is 5.34. The quantitative estimate of drug-likeness (QED) is 0.668. The predicted molar refractivity (Wildman–Crippen MR) is 88.5 cm³/mol. The molecule has 0 bridgehead atoms. The largest absolute Gasteiger partial charge is 0.507 e. The Hall–Kier alpha value is -2.54. The van der Waals surface area contributed by atoms with E-state index in [9.17, 15) is 5.11 Å². The first-order valence-corrected chi connectivity index (χ1v) is 7.11. The lowest BCUT2D eigenvalue weighted by molar-refractivity contribution is 0.477. The van der Waals surface area contributed by atoms with Gasteiger partial charge in [0.1, 0.15) is 5.75 Å². The third-order valence-corrected chi connectivity index (χ3v) is 3.79. The Bertz CT molecular complexity index is 773. The van der Waals surface area contributed by atoms with Crippen LogP contribution in [-0.2, 0) is 0 Å². The number of phenols is 1. The van der Waals surface area contributed by atoms with Gasteiger partial charge >= 0.3 is 0 Å². The maximum atomic E-state index is 10.2. The Morgan fingerprint density at radius 3 is 2.19 bits per heavy atom. The summed E-state index contributed by atoms with van der Waals surface area (Å²) in [6.45, 7) is 4.21. The molecule has 3 aromatic carbocycles. The van der Waals surface area contributed by atoms with Crippen molar-refractivity contribution < 1.29 is 5.11 Å². The summed E-state index contributed by atoms with van der Waals surface area (Å²) in [6.07, 6.45) is 0. The van der Waals surface area contributed by atoms with Gasteiger partial charge in [0, 0.05) is 5.56 Å². The van der Waals surface area contributed by atoms with Gasteiger partial charge in [-0.15, -0.1) is 0 Å². The molecule has 0 heterocycles. The van der Waals surface area contributed by atoms with Gasteiger partial charge in [-0.05, 0) is 48.2 Å². The molecular formula is C20H18O. The molecule has 0 saturated heterocycles. The average Bonchev–Trinajstić information content (AvgIpc) is 2.51. The van der Waals surface area contributed by atoms with E-state index in [0.29, 0.717) is 5.75 Å². The molecule has 3 rings (SSSR count). The van der Waals surface area contributed by atoms with Gasteiger partial charge in [-0.3, -0.25) is 0 Å². The Kier molecular flexibility index (Phi) is 3.49. The van der Waals surface area contributed by atoms with Gasteiger partial charge < -0.3 is 5.11 Å². The highest BCUT2D eigenvalue weighted by atomic mass is 16.3. The van der Waals surface area contributed by atoms with E-state index in [-0.39, 0.29) is 0 Å². The molecule has 0 spiro atoms. The minimum atomic E-state index is 0.315. The summed E-state index contributed by atoms with van der Waals surface area (Å²) in [4.78, 5) is 0. The fraction of sp³-hybridized carbons (Fsp3) is 0.100. The van der Waals surface area contributed by atoms with Gasteiger partial charge in [0.25, 0.3) is 0 Å². The molecule has 0 aliphatic carbocycles. The fourth-order valence-electron chi connectivity index (χ4n) is 2.60. The Morgan fingerprint density at radius 2 is 1.43 bits per heavy atom. The SMILES string of the molecule is Cc1ccc(C)c(-c2ccc(O)c(-c3ccccc3)c2)c1. The summed E-state index contributed by atoms with van der Waals surface area (Å²) < 4.78 is 0. The number of rotatable bonds is 2. The number of aryl methyl sites for hydroxylation is 2. The normalized spacial score (nSPS) is 10.6. The summed E-state index contributed by atoms with van der Waals surface area (Å²) in [6, 6.07) is 22.3. The van der Waals surface area contributed by atoms with Crippen LogP contribution in [0.15, 0.2) is 66.7 Å². The van der Waals surface area contributed by atoms with Crippen LogP contribution >= 0.6 is 0 Å². The molecular weight excluding hydrogens is 256 g/mol. The standard InChI is InChI=1S/C20H18O/c1-14-8-9-15(2)18(12-14)17-10-11-20(21)19(13-17)16-6-4-3-5-7-16/h3-13,21H,1-2H3. The van der Waals surface area contributed by atoms with Crippen molar-refractivity contribution in [1.29, 1.82) is 0 Å². The highest BCUT2D eigenvalue weighted by Gasteiger charge is 2.08. The van der Waals surface area contributed by atoms with Crippen LogP contribution in [0.2, 0.25) is 0 Å². The maximum absolute atomic E-state index is 10.2. The highest BCUT2D eigenvalue weighted by Crippen LogP contribution is 2.34. The van der Waals surface area contributed by atoms with Crippen LogP contribution in [0.25, 0.3) is 22.3 Å². The zero-order valence-corrected chi connectivity index (χ0v) is 12.3. The minimum Gasteiger partial charge on any atom is -0.507 e. The summed E-state index contributed by atoms with van der Waals surface area (Å²) >= 11 is 0. The van der Waals surface area contributed by atoms with Gasteiger partial charge in [-0.2, -0.15) is 0 Å². The molecule has 0 amide bonds. The van der Waals surface area contributed by atoms with Crippen molar-refractivity contribution in [3.05, 3.63) is 77.9 Å². The smallest absolute Gasteiger partial charge is 0.123 e. The Morgan fingerprint density at radius 1 is 0.667 bits per heavy atom. The molecule has 0 unspecified atom stereocenters. The van der Waals surface area contributed by atoms with Crippen LogP contribution in [0.5, 0.6) is 5.75 Å². The topological polar surface area (TPSA) is 20.2 Å². The van der Waals surface area contributed by atoms with Gasteiger partial charge in [0.15, 0.2) is 0 Å². The molecule has 0 atom stereocenters. The van der Waals surface area contributed by atoms with Gasteiger partial charge in [-0.1, -0.05) is 60.2 Å². The molecule has 104 valence electrons. The molecule has 0 radical (unpaired) electrons. The zero-order chi connectivity index (χ0) is 14.8. The van der Waals surface area contributed by atoms with Crippen LogP contribution in [0.1, 0.15) is 11.1 Å². The third-order valence-electron chi connectivity index (χ3n) is 3.79. The fourth-order valence-corrected chi connectivity index (χ4v) is 2.60. The van der Waals surface area contributed by atoms with Crippen LogP contribution in [-0.4, -0.2) is 5.11 Å². The molecule has 3 aromatic rings. The molecule has 1 nitrogen and oxygen atoms in total. The van der Waals surface area contributed by atoms with Crippen molar-refractivity contribution in [1.82, 2.24) is 0 Å². The summed E-state index contributed by atoms with van der Waals surface area (Å²) in [5.74, 6) is 0.315. The second kappa shape index (κ2) is 5.45. The average molecular weight is 274 g/mol. The van der Waals surface area contributed by atoms with E-state index in [2.05, 4.69) is 38.1 Å². The first kappa shape index (κ1) is 13.4. The second-order valence-electron chi connectivity index (χ2n) is 5.42. The van der Waals surface area contributed by atoms with Crippen molar-refractivity contribution in [3.63, 3.8) is 0 Å². The van der Waals surface area contributed by atoms with E-state index in [0.717, 1.165) is 16.7 Å². The monoisotopic (exact) mass is 274 g/mol. The number of hydrogen-bond donors (Lipinski definition) is 1. The highest BCUT2D eigenvalue weighted by molar-refractivity contribution is 5.78. The van der Waals surface area contributed by atoms with Crippen LogP contribution in [0, 0.1) is 13.8 Å². The lowest BCUT2D eigenvalue weighted by atomic mass is 9.94. The lowest BCUT2D eigenvalue weighted by Gasteiger charge is -2.11. The number of benzene rings is 3. The molecule has 0 aliphatic rings. The zero-order valence-electron chi connectivity index (χ0n) is 12.3. The molecule has 0 aliphatic heterocycles. The van der Waals surface area contributed by atoms with Crippen LogP contribution < -0.4 is 0 Å². The summed E-state index contributed by atoms with van der Waals surface area (Å²) in [7, 11) is 0.